The Morgan fingerprint density at radius 2 is 1.92 bits per heavy atom. The van der Waals surface area contributed by atoms with E-state index < -0.39 is 0 Å². The van der Waals surface area contributed by atoms with Crippen molar-refractivity contribution in [2.24, 2.45) is 0 Å². The summed E-state index contributed by atoms with van der Waals surface area (Å²) in [7, 11) is 0. The van der Waals surface area contributed by atoms with E-state index in [1.807, 2.05) is 12.1 Å². The maximum absolute atomic E-state index is 12.3. The number of aromatic nitrogens is 1. The number of carbonyl (C=O) groups excluding carboxylic acids is 1. The summed E-state index contributed by atoms with van der Waals surface area (Å²) in [4.78, 5) is 27.4. The molecule has 0 atom stereocenters. The zero-order chi connectivity index (χ0) is 17.9. The van der Waals surface area contributed by atoms with Gasteiger partial charge in [-0.1, -0.05) is 18.2 Å². The molecule has 1 aliphatic rings. The van der Waals surface area contributed by atoms with Crippen LogP contribution in [0.1, 0.15) is 28.0 Å². The molecule has 2 N–H and O–H groups in total. The molecule has 3 aromatic rings. The van der Waals surface area contributed by atoms with Gasteiger partial charge in [0, 0.05) is 17.0 Å². The molecule has 0 bridgehead atoms. The zero-order valence-electron chi connectivity index (χ0n) is 14.4. The van der Waals surface area contributed by atoms with E-state index in [2.05, 4.69) is 22.4 Å². The van der Waals surface area contributed by atoms with Crippen molar-refractivity contribution in [3.8, 4) is 5.75 Å². The van der Waals surface area contributed by atoms with Gasteiger partial charge in [-0.15, -0.1) is 0 Å². The number of fused-ring (bicyclic) bond motifs is 2. The maximum atomic E-state index is 12.3. The highest BCUT2D eigenvalue weighted by atomic mass is 16.5. The van der Waals surface area contributed by atoms with Crippen LogP contribution in [-0.2, 0) is 12.8 Å². The molecular weight excluding hydrogens is 328 g/mol. The highest BCUT2D eigenvalue weighted by Crippen LogP contribution is 2.25. The van der Waals surface area contributed by atoms with Crippen LogP contribution in [0.3, 0.4) is 0 Å². The van der Waals surface area contributed by atoms with Gasteiger partial charge in [0.15, 0.2) is 5.43 Å². The molecule has 26 heavy (non-hydrogen) atoms. The van der Waals surface area contributed by atoms with Gasteiger partial charge in [-0.25, -0.2) is 0 Å². The Morgan fingerprint density at radius 1 is 1.08 bits per heavy atom. The largest absolute Gasteiger partial charge is 0.492 e. The van der Waals surface area contributed by atoms with Crippen molar-refractivity contribution in [1.82, 2.24) is 10.3 Å². The number of nitrogens with one attached hydrogen (secondary N) is 2. The summed E-state index contributed by atoms with van der Waals surface area (Å²) in [5.74, 6) is 0.518. The topological polar surface area (TPSA) is 71.2 Å². The molecule has 0 fully saturated rings. The van der Waals surface area contributed by atoms with Crippen LogP contribution in [0.5, 0.6) is 5.75 Å². The minimum atomic E-state index is -0.314. The van der Waals surface area contributed by atoms with E-state index >= 15 is 0 Å². The van der Waals surface area contributed by atoms with Crippen LogP contribution < -0.4 is 15.5 Å². The molecular formula is C21H20N2O3. The third-order valence-electron chi connectivity index (χ3n) is 4.71. The number of pyridine rings is 1. The van der Waals surface area contributed by atoms with Crippen LogP contribution in [0.4, 0.5) is 0 Å². The predicted molar refractivity (Wildman–Crippen MR) is 101 cm³/mol. The van der Waals surface area contributed by atoms with E-state index in [4.69, 9.17) is 4.74 Å². The minimum absolute atomic E-state index is 0.168. The molecule has 0 radical (unpaired) electrons. The summed E-state index contributed by atoms with van der Waals surface area (Å²) >= 11 is 0. The molecule has 5 heteroatoms. The Hall–Kier alpha value is -3.08. The minimum Gasteiger partial charge on any atom is -0.492 e. The van der Waals surface area contributed by atoms with Crippen LogP contribution in [-0.4, -0.2) is 24.0 Å². The lowest BCUT2D eigenvalue weighted by atomic mass is 10.1. The van der Waals surface area contributed by atoms with Crippen LogP contribution in [0.2, 0.25) is 0 Å². The molecule has 1 aromatic heterocycles. The second kappa shape index (κ2) is 7.04. The number of aromatic amines is 1. The number of amides is 1. The number of ether oxygens (including phenoxy) is 1. The normalized spacial score (nSPS) is 12.8. The lowest BCUT2D eigenvalue weighted by molar-refractivity contribution is 0.0942. The molecule has 5 nitrogen and oxygen atoms in total. The van der Waals surface area contributed by atoms with Crippen molar-refractivity contribution in [3.63, 3.8) is 0 Å². The molecule has 1 heterocycles. The molecule has 0 unspecified atom stereocenters. The van der Waals surface area contributed by atoms with Crippen molar-refractivity contribution in [2.75, 3.05) is 13.2 Å². The molecule has 0 saturated carbocycles. The first-order chi connectivity index (χ1) is 12.7. The molecule has 0 aliphatic heterocycles. The van der Waals surface area contributed by atoms with Gasteiger partial charge in [-0.2, -0.15) is 0 Å². The number of benzene rings is 2. The Morgan fingerprint density at radius 3 is 2.85 bits per heavy atom. The number of H-pyrrole nitrogens is 1. The Kier molecular flexibility index (Phi) is 4.44. The average Bonchev–Trinajstić information content (AvgIpc) is 3.13. The molecule has 2 aromatic carbocycles. The summed E-state index contributed by atoms with van der Waals surface area (Å²) in [6.07, 6.45) is 3.47. The number of aryl methyl sites for hydroxylation is 2. The van der Waals surface area contributed by atoms with Crippen LogP contribution in [0.25, 0.3) is 10.9 Å². The van der Waals surface area contributed by atoms with Gasteiger partial charge >= 0.3 is 0 Å². The molecule has 4 rings (SSSR count). The molecule has 0 saturated heterocycles. The molecule has 0 spiro atoms. The first-order valence-corrected chi connectivity index (χ1v) is 8.85. The Labute approximate surface area is 151 Å². The van der Waals surface area contributed by atoms with Crippen LogP contribution in [0, 0.1) is 0 Å². The monoisotopic (exact) mass is 348 g/mol. The molecule has 1 amide bonds. The summed E-state index contributed by atoms with van der Waals surface area (Å²) in [5.41, 5.74) is 3.51. The van der Waals surface area contributed by atoms with Gasteiger partial charge in [0.1, 0.15) is 18.1 Å². The van der Waals surface area contributed by atoms with E-state index in [-0.39, 0.29) is 17.0 Å². The average molecular weight is 348 g/mol. The maximum Gasteiger partial charge on any atom is 0.267 e. The van der Waals surface area contributed by atoms with Crippen molar-refractivity contribution >= 4 is 16.8 Å². The first-order valence-electron chi connectivity index (χ1n) is 8.85. The summed E-state index contributed by atoms with van der Waals surface area (Å²) in [5, 5.41) is 3.35. The smallest absolute Gasteiger partial charge is 0.267 e. The molecule has 132 valence electrons. The lowest BCUT2D eigenvalue weighted by Crippen LogP contribution is -2.29. The van der Waals surface area contributed by atoms with Crippen LogP contribution >= 0.6 is 0 Å². The third-order valence-corrected chi connectivity index (χ3v) is 4.71. The number of hydrogen-bond acceptors (Lipinski definition) is 3. The highest BCUT2D eigenvalue weighted by Gasteiger charge is 2.12. The van der Waals surface area contributed by atoms with Crippen LogP contribution in [0.15, 0.2) is 53.3 Å². The van der Waals surface area contributed by atoms with Crippen molar-refractivity contribution in [1.29, 1.82) is 0 Å². The van der Waals surface area contributed by atoms with Crippen molar-refractivity contribution in [2.45, 2.75) is 19.3 Å². The number of hydrogen-bond donors (Lipinski definition) is 2. The van der Waals surface area contributed by atoms with Crippen molar-refractivity contribution in [3.05, 3.63) is 75.6 Å². The lowest BCUT2D eigenvalue weighted by Gasteiger charge is -2.09. The first kappa shape index (κ1) is 16.4. The van der Waals surface area contributed by atoms with E-state index in [0.717, 1.165) is 18.6 Å². The number of para-hydroxylation sites is 1. The highest BCUT2D eigenvalue weighted by molar-refractivity contribution is 5.94. The van der Waals surface area contributed by atoms with Gasteiger partial charge in [0.25, 0.3) is 5.91 Å². The van der Waals surface area contributed by atoms with E-state index in [0.29, 0.717) is 24.1 Å². The fourth-order valence-corrected chi connectivity index (χ4v) is 3.39. The fraction of sp³-hybridized carbons (Fsp3) is 0.238. The zero-order valence-corrected chi connectivity index (χ0v) is 14.4. The van der Waals surface area contributed by atoms with Gasteiger partial charge in [0.05, 0.1) is 6.54 Å². The quantitative estimate of drug-likeness (QED) is 0.697. The second-order valence-electron chi connectivity index (χ2n) is 6.48. The fourth-order valence-electron chi connectivity index (χ4n) is 3.39. The van der Waals surface area contributed by atoms with E-state index in [1.165, 1.54) is 23.6 Å². The van der Waals surface area contributed by atoms with Crippen molar-refractivity contribution < 1.29 is 9.53 Å². The summed E-state index contributed by atoms with van der Waals surface area (Å²) in [6, 6.07) is 14.7. The van der Waals surface area contributed by atoms with Gasteiger partial charge in [-0.05, 0) is 54.7 Å². The van der Waals surface area contributed by atoms with E-state index in [1.54, 1.807) is 18.2 Å². The summed E-state index contributed by atoms with van der Waals surface area (Å²) in [6.45, 7) is 0.743. The summed E-state index contributed by atoms with van der Waals surface area (Å²) < 4.78 is 5.72. The van der Waals surface area contributed by atoms with Gasteiger partial charge in [0.2, 0.25) is 0 Å². The van der Waals surface area contributed by atoms with Gasteiger partial charge < -0.3 is 15.0 Å². The SMILES string of the molecule is O=C(NCCOc1ccc2c(c1)CCC2)c1cc(=O)c2ccccc2[nH]1. The Bertz CT molecular complexity index is 1020. The molecule has 1 aliphatic carbocycles. The number of rotatable bonds is 5. The second-order valence-corrected chi connectivity index (χ2v) is 6.48. The predicted octanol–water partition coefficient (Wildman–Crippen LogP) is 2.83. The standard InChI is InChI=1S/C21H20N2O3/c24-20-13-19(23-18-7-2-1-6-17(18)20)21(25)22-10-11-26-16-9-8-14-4-3-5-15(14)12-16/h1-2,6-9,12-13H,3-5,10-11H2,(H,22,25)(H,23,24). The van der Waals surface area contributed by atoms with E-state index in [9.17, 15) is 9.59 Å². The third kappa shape index (κ3) is 3.33. The van der Waals surface area contributed by atoms with Gasteiger partial charge in [-0.3, -0.25) is 9.59 Å². The number of carbonyl (C=O) groups is 1. The Balaban J connectivity index is 1.35.